The molecule has 6 nitrogen and oxygen atoms in total. The quantitative estimate of drug-likeness (QED) is 0.417. The number of H-pyrrole nitrogens is 1. The highest BCUT2D eigenvalue weighted by Crippen LogP contribution is 2.38. The number of benzene rings is 2. The van der Waals surface area contributed by atoms with Crippen LogP contribution in [0.2, 0.25) is 0 Å². The second-order valence-corrected chi connectivity index (χ2v) is 8.57. The van der Waals surface area contributed by atoms with Crippen LogP contribution in [0.3, 0.4) is 0 Å². The van der Waals surface area contributed by atoms with Crippen molar-refractivity contribution in [3.63, 3.8) is 0 Å². The Morgan fingerprint density at radius 3 is 2.81 bits per heavy atom. The third kappa shape index (κ3) is 4.82. The summed E-state index contributed by atoms with van der Waals surface area (Å²) in [5, 5.41) is 3.27. The van der Waals surface area contributed by atoms with Crippen molar-refractivity contribution in [1.82, 2.24) is 9.97 Å². The summed E-state index contributed by atoms with van der Waals surface area (Å²) in [4.78, 5) is 33.0. The number of anilines is 1. The standard InChI is InChI=1S/C24H25N3O3S/c1-3-11-30-19-10-5-4-9-17(19)18-13-20(28)25-22-21(18)23(29)27-24(26-22)31-14-16-8-6-7-15(2)12-16/h4-10,12,18H,3,11,13-14H2,1-2H3,(H2,25,26,27,28,29). The van der Waals surface area contributed by atoms with E-state index in [1.54, 1.807) is 0 Å². The first-order valence-corrected chi connectivity index (χ1v) is 11.4. The van der Waals surface area contributed by atoms with Crippen LogP contribution in [0, 0.1) is 6.92 Å². The molecule has 1 aliphatic rings. The van der Waals surface area contributed by atoms with Crippen molar-refractivity contribution in [2.45, 2.75) is 43.5 Å². The Morgan fingerprint density at radius 1 is 1.16 bits per heavy atom. The molecule has 1 amide bonds. The summed E-state index contributed by atoms with van der Waals surface area (Å²) in [5.74, 6) is 1.16. The van der Waals surface area contributed by atoms with E-state index < -0.39 is 5.92 Å². The monoisotopic (exact) mass is 435 g/mol. The summed E-state index contributed by atoms with van der Waals surface area (Å²) in [7, 11) is 0. The molecule has 0 aliphatic carbocycles. The minimum Gasteiger partial charge on any atom is -0.493 e. The fourth-order valence-electron chi connectivity index (χ4n) is 3.75. The lowest BCUT2D eigenvalue weighted by atomic mass is 9.86. The molecule has 160 valence electrons. The maximum atomic E-state index is 13.1. The number of nitrogens with one attached hydrogen (secondary N) is 2. The molecule has 1 aliphatic heterocycles. The number of para-hydroxylation sites is 1. The van der Waals surface area contributed by atoms with Crippen molar-refractivity contribution >= 4 is 23.5 Å². The van der Waals surface area contributed by atoms with Crippen LogP contribution in [-0.2, 0) is 10.5 Å². The third-order valence-corrected chi connectivity index (χ3v) is 6.09. The number of ether oxygens (including phenoxy) is 1. The van der Waals surface area contributed by atoms with Gasteiger partial charge in [-0.2, -0.15) is 0 Å². The second kappa shape index (κ2) is 9.39. The zero-order chi connectivity index (χ0) is 21.8. The maximum Gasteiger partial charge on any atom is 0.257 e. The van der Waals surface area contributed by atoms with Gasteiger partial charge in [0.25, 0.3) is 5.56 Å². The topological polar surface area (TPSA) is 84.1 Å². The first-order valence-electron chi connectivity index (χ1n) is 10.4. The SMILES string of the molecule is CCCOc1ccccc1C1CC(=O)Nc2nc(SCc3cccc(C)c3)[nH]c(=O)c21. The normalized spacial score (nSPS) is 15.3. The third-order valence-electron chi connectivity index (χ3n) is 5.14. The van der Waals surface area contributed by atoms with E-state index in [0.29, 0.717) is 34.6 Å². The van der Waals surface area contributed by atoms with E-state index in [4.69, 9.17) is 4.74 Å². The van der Waals surface area contributed by atoms with Gasteiger partial charge in [0.15, 0.2) is 5.16 Å². The maximum absolute atomic E-state index is 13.1. The number of nitrogens with zero attached hydrogens (tertiary/aromatic N) is 1. The van der Waals surface area contributed by atoms with Gasteiger partial charge in [0, 0.05) is 23.7 Å². The first-order chi connectivity index (χ1) is 15.0. The van der Waals surface area contributed by atoms with Crippen LogP contribution in [-0.4, -0.2) is 22.5 Å². The molecular formula is C24H25N3O3S. The van der Waals surface area contributed by atoms with Crippen LogP contribution < -0.4 is 15.6 Å². The minimum absolute atomic E-state index is 0.157. The molecular weight excluding hydrogens is 410 g/mol. The van der Waals surface area contributed by atoms with E-state index in [1.165, 1.54) is 17.3 Å². The summed E-state index contributed by atoms with van der Waals surface area (Å²) in [6.07, 6.45) is 1.06. The van der Waals surface area contributed by atoms with Gasteiger partial charge in [-0.25, -0.2) is 4.98 Å². The van der Waals surface area contributed by atoms with E-state index in [-0.39, 0.29) is 17.9 Å². The van der Waals surface area contributed by atoms with Crippen LogP contribution in [0.25, 0.3) is 0 Å². The average Bonchev–Trinajstić information content (AvgIpc) is 2.75. The Morgan fingerprint density at radius 2 is 2.00 bits per heavy atom. The number of aromatic amines is 1. The fraction of sp³-hybridized carbons (Fsp3) is 0.292. The number of thioether (sulfide) groups is 1. The first kappa shape index (κ1) is 21.2. The van der Waals surface area contributed by atoms with Crippen molar-refractivity contribution in [3.8, 4) is 5.75 Å². The van der Waals surface area contributed by atoms with Crippen LogP contribution in [0.5, 0.6) is 5.75 Å². The average molecular weight is 436 g/mol. The Labute approximate surface area is 185 Å². The van der Waals surface area contributed by atoms with E-state index in [2.05, 4.69) is 21.4 Å². The number of hydrogen-bond donors (Lipinski definition) is 2. The highest BCUT2D eigenvalue weighted by Gasteiger charge is 2.32. The van der Waals surface area contributed by atoms with Gasteiger partial charge in [0.05, 0.1) is 12.2 Å². The van der Waals surface area contributed by atoms with Crippen LogP contribution >= 0.6 is 11.8 Å². The van der Waals surface area contributed by atoms with Crippen molar-refractivity contribution in [2.24, 2.45) is 0 Å². The molecule has 0 saturated carbocycles. The van der Waals surface area contributed by atoms with Gasteiger partial charge in [-0.15, -0.1) is 0 Å². The largest absolute Gasteiger partial charge is 0.493 e. The Hall–Kier alpha value is -3.06. The molecule has 1 unspecified atom stereocenters. The summed E-state index contributed by atoms with van der Waals surface area (Å²) in [6, 6.07) is 15.8. The van der Waals surface area contributed by atoms with E-state index in [1.807, 2.05) is 56.3 Å². The minimum atomic E-state index is -0.399. The van der Waals surface area contributed by atoms with Gasteiger partial charge in [0.2, 0.25) is 5.91 Å². The highest BCUT2D eigenvalue weighted by molar-refractivity contribution is 7.98. The summed E-state index contributed by atoms with van der Waals surface area (Å²) in [6.45, 7) is 4.66. The number of hydrogen-bond acceptors (Lipinski definition) is 5. The summed E-state index contributed by atoms with van der Waals surface area (Å²) < 4.78 is 5.88. The Bertz CT molecular complexity index is 1160. The number of fused-ring (bicyclic) bond motifs is 1. The molecule has 0 bridgehead atoms. The van der Waals surface area contributed by atoms with Crippen molar-refractivity contribution in [2.75, 3.05) is 11.9 Å². The van der Waals surface area contributed by atoms with Gasteiger partial charge in [-0.05, 0) is 25.0 Å². The van der Waals surface area contributed by atoms with Gasteiger partial charge < -0.3 is 15.0 Å². The molecule has 1 aromatic heterocycles. The number of aromatic nitrogens is 2. The molecule has 2 aromatic carbocycles. The molecule has 0 spiro atoms. The number of rotatable bonds is 7. The van der Waals surface area contributed by atoms with E-state index >= 15 is 0 Å². The molecule has 0 radical (unpaired) electrons. The number of amides is 1. The molecule has 2 N–H and O–H groups in total. The molecule has 0 fully saturated rings. The number of carbonyl (C=O) groups excluding carboxylic acids is 1. The molecule has 31 heavy (non-hydrogen) atoms. The highest BCUT2D eigenvalue weighted by atomic mass is 32.2. The predicted octanol–water partition coefficient (Wildman–Crippen LogP) is 4.63. The van der Waals surface area contributed by atoms with E-state index in [9.17, 15) is 9.59 Å². The Balaban J connectivity index is 1.66. The zero-order valence-corrected chi connectivity index (χ0v) is 18.4. The molecule has 4 rings (SSSR count). The number of carbonyl (C=O) groups is 1. The number of aryl methyl sites for hydroxylation is 1. The zero-order valence-electron chi connectivity index (χ0n) is 17.6. The van der Waals surface area contributed by atoms with Crippen molar-refractivity contribution in [3.05, 3.63) is 81.1 Å². The second-order valence-electron chi connectivity index (χ2n) is 7.60. The van der Waals surface area contributed by atoms with Gasteiger partial charge in [-0.3, -0.25) is 9.59 Å². The molecule has 1 atom stereocenters. The summed E-state index contributed by atoms with van der Waals surface area (Å²) >= 11 is 1.44. The van der Waals surface area contributed by atoms with Gasteiger partial charge in [0.1, 0.15) is 11.6 Å². The van der Waals surface area contributed by atoms with Crippen molar-refractivity contribution < 1.29 is 9.53 Å². The van der Waals surface area contributed by atoms with Gasteiger partial charge >= 0.3 is 0 Å². The van der Waals surface area contributed by atoms with Crippen LogP contribution in [0.15, 0.2) is 58.5 Å². The lowest BCUT2D eigenvalue weighted by Gasteiger charge is -2.26. The van der Waals surface area contributed by atoms with Crippen LogP contribution in [0.4, 0.5) is 5.82 Å². The molecule has 2 heterocycles. The van der Waals surface area contributed by atoms with E-state index in [0.717, 1.165) is 17.5 Å². The van der Waals surface area contributed by atoms with Crippen LogP contribution in [0.1, 0.15) is 47.9 Å². The fourth-order valence-corrected chi connectivity index (χ4v) is 4.55. The molecule has 7 heteroatoms. The molecule has 3 aromatic rings. The predicted molar refractivity (Wildman–Crippen MR) is 123 cm³/mol. The van der Waals surface area contributed by atoms with Crippen molar-refractivity contribution in [1.29, 1.82) is 0 Å². The lowest BCUT2D eigenvalue weighted by molar-refractivity contribution is -0.116. The Kier molecular flexibility index (Phi) is 6.42. The smallest absolute Gasteiger partial charge is 0.257 e. The van der Waals surface area contributed by atoms with Gasteiger partial charge in [-0.1, -0.05) is 66.7 Å². The lowest BCUT2D eigenvalue weighted by Crippen LogP contribution is -2.31. The summed E-state index contributed by atoms with van der Waals surface area (Å²) in [5.41, 5.74) is 3.41. The molecule has 0 saturated heterocycles.